The summed E-state index contributed by atoms with van der Waals surface area (Å²) in [5.74, 6) is 0.642. The molecule has 0 spiro atoms. The van der Waals surface area contributed by atoms with E-state index in [0.29, 0.717) is 0 Å². The second-order valence-electron chi connectivity index (χ2n) is 6.65. The molecule has 1 aliphatic rings. The molecule has 26 heavy (non-hydrogen) atoms. The van der Waals surface area contributed by atoms with E-state index < -0.39 is 0 Å². The second-order valence-corrected chi connectivity index (χ2v) is 6.65. The molecule has 1 heterocycles. The van der Waals surface area contributed by atoms with Crippen LogP contribution in [0.4, 0.5) is 4.39 Å². The van der Waals surface area contributed by atoms with Crippen LogP contribution in [0.5, 0.6) is 0 Å². The van der Waals surface area contributed by atoms with Gasteiger partial charge in [0.25, 0.3) is 0 Å². The lowest BCUT2D eigenvalue weighted by Crippen LogP contribution is -2.39. The zero-order valence-electron chi connectivity index (χ0n) is 16.0. The molecule has 1 aromatic carbocycles. The molecular weight excluding hydrogens is 444 g/mol. The van der Waals surface area contributed by atoms with Crippen molar-refractivity contribution in [3.05, 3.63) is 35.6 Å². The van der Waals surface area contributed by atoms with Gasteiger partial charge in [-0.2, -0.15) is 0 Å². The molecule has 7 heteroatoms. The first-order chi connectivity index (χ1) is 12.2. The van der Waals surface area contributed by atoms with Crippen molar-refractivity contribution in [3.63, 3.8) is 0 Å². The number of aliphatic imine (C=N–C) groups is 1. The topological polar surface area (TPSA) is 42.9 Å². The first-order valence-electron chi connectivity index (χ1n) is 9.27. The van der Waals surface area contributed by atoms with Gasteiger partial charge in [0.1, 0.15) is 5.82 Å². The molecule has 1 fully saturated rings. The molecule has 148 valence electrons. The smallest absolute Gasteiger partial charge is 0.190 e. The molecule has 0 radical (unpaired) electrons. The number of halogens is 2. The first-order valence-corrected chi connectivity index (χ1v) is 9.27. The normalized spacial score (nSPS) is 16.7. The summed E-state index contributed by atoms with van der Waals surface area (Å²) in [5, 5.41) is 6.68. The van der Waals surface area contributed by atoms with Gasteiger partial charge in [-0.05, 0) is 63.6 Å². The lowest BCUT2D eigenvalue weighted by molar-refractivity contribution is 0.274. The molecule has 1 saturated heterocycles. The summed E-state index contributed by atoms with van der Waals surface area (Å²) in [4.78, 5) is 9.22. The molecule has 0 aromatic heterocycles. The molecule has 0 aliphatic carbocycles. The van der Waals surface area contributed by atoms with E-state index in [0.717, 1.165) is 44.0 Å². The maximum atomic E-state index is 12.9. The third-order valence-electron chi connectivity index (χ3n) is 4.60. The predicted octanol–water partition coefficient (Wildman–Crippen LogP) is 2.18. The van der Waals surface area contributed by atoms with E-state index in [1.807, 2.05) is 12.1 Å². The van der Waals surface area contributed by atoms with Crippen molar-refractivity contribution < 1.29 is 4.39 Å². The van der Waals surface area contributed by atoms with Gasteiger partial charge in [-0.1, -0.05) is 12.1 Å². The van der Waals surface area contributed by atoms with Crippen molar-refractivity contribution in [2.75, 3.05) is 59.9 Å². The van der Waals surface area contributed by atoms with Crippen molar-refractivity contribution in [2.24, 2.45) is 4.99 Å². The number of nitrogens with zero attached hydrogens (tertiary/aromatic N) is 3. The molecule has 5 nitrogen and oxygen atoms in total. The Balaban J connectivity index is 0.00000338. The maximum Gasteiger partial charge on any atom is 0.190 e. The van der Waals surface area contributed by atoms with Gasteiger partial charge in [0, 0.05) is 33.2 Å². The highest BCUT2D eigenvalue weighted by molar-refractivity contribution is 14.0. The fourth-order valence-corrected chi connectivity index (χ4v) is 3.03. The molecule has 0 amide bonds. The van der Waals surface area contributed by atoms with Gasteiger partial charge in [-0.15, -0.1) is 24.0 Å². The molecule has 0 saturated carbocycles. The Kier molecular flexibility index (Phi) is 11.8. The van der Waals surface area contributed by atoms with Crippen LogP contribution in [0.3, 0.4) is 0 Å². The van der Waals surface area contributed by atoms with Crippen LogP contribution in [0.25, 0.3) is 0 Å². The first kappa shape index (κ1) is 23.1. The number of rotatable bonds is 7. The van der Waals surface area contributed by atoms with E-state index in [2.05, 4.69) is 32.5 Å². The van der Waals surface area contributed by atoms with E-state index >= 15 is 0 Å². The Hall–Kier alpha value is -0.930. The predicted molar refractivity (Wildman–Crippen MR) is 118 cm³/mol. The average molecular weight is 477 g/mol. The van der Waals surface area contributed by atoms with E-state index in [4.69, 9.17) is 0 Å². The number of guanidine groups is 1. The molecular formula is C19H33FIN5. The van der Waals surface area contributed by atoms with Gasteiger partial charge in [0.05, 0.1) is 0 Å². The highest BCUT2D eigenvalue weighted by atomic mass is 127. The van der Waals surface area contributed by atoms with Crippen molar-refractivity contribution in [2.45, 2.75) is 19.3 Å². The van der Waals surface area contributed by atoms with Crippen molar-refractivity contribution in [3.8, 4) is 0 Å². The SMILES string of the molecule is CN=C(NCCCN1CCCN(C)CC1)NCCc1ccc(F)cc1.I. The van der Waals surface area contributed by atoms with Crippen LogP contribution >= 0.6 is 24.0 Å². The Morgan fingerprint density at radius 2 is 1.81 bits per heavy atom. The average Bonchev–Trinajstić information content (AvgIpc) is 2.83. The van der Waals surface area contributed by atoms with Crippen LogP contribution in [0.1, 0.15) is 18.4 Å². The van der Waals surface area contributed by atoms with Crippen LogP contribution < -0.4 is 10.6 Å². The minimum absolute atomic E-state index is 0. The summed E-state index contributed by atoms with van der Waals surface area (Å²) in [6, 6.07) is 6.66. The standard InChI is InChI=1S/C19H32FN5.HI/c1-21-19(23-11-9-17-5-7-18(20)8-6-17)22-10-3-13-25-14-4-12-24(2)15-16-25;/h5-8H,3-4,9-16H2,1-2H3,(H2,21,22,23);1H. The Morgan fingerprint density at radius 3 is 2.54 bits per heavy atom. The lowest BCUT2D eigenvalue weighted by atomic mass is 10.1. The number of likely N-dealkylation sites (N-methyl/N-ethyl adjacent to an activating group) is 1. The van der Waals surface area contributed by atoms with Crippen LogP contribution in [-0.4, -0.2) is 75.7 Å². The second kappa shape index (κ2) is 13.3. The summed E-state index contributed by atoms with van der Waals surface area (Å²) in [5.41, 5.74) is 1.12. The van der Waals surface area contributed by atoms with Crippen molar-refractivity contribution in [1.82, 2.24) is 20.4 Å². The largest absolute Gasteiger partial charge is 0.356 e. The quantitative estimate of drug-likeness (QED) is 0.274. The molecule has 1 aromatic rings. The monoisotopic (exact) mass is 477 g/mol. The fourth-order valence-electron chi connectivity index (χ4n) is 3.03. The highest BCUT2D eigenvalue weighted by Crippen LogP contribution is 2.03. The van der Waals surface area contributed by atoms with Crippen molar-refractivity contribution in [1.29, 1.82) is 0 Å². The molecule has 0 bridgehead atoms. The van der Waals surface area contributed by atoms with Crippen LogP contribution in [0, 0.1) is 5.82 Å². The Labute approximate surface area is 174 Å². The molecule has 0 unspecified atom stereocenters. The van der Waals surface area contributed by atoms with E-state index in [1.165, 1.54) is 44.7 Å². The Bertz CT molecular complexity index is 523. The molecule has 2 N–H and O–H groups in total. The van der Waals surface area contributed by atoms with Crippen LogP contribution in [-0.2, 0) is 6.42 Å². The minimum atomic E-state index is -0.190. The van der Waals surface area contributed by atoms with Gasteiger partial charge >= 0.3 is 0 Å². The highest BCUT2D eigenvalue weighted by Gasteiger charge is 2.11. The van der Waals surface area contributed by atoms with Gasteiger partial charge in [0.15, 0.2) is 5.96 Å². The Morgan fingerprint density at radius 1 is 1.08 bits per heavy atom. The fraction of sp³-hybridized carbons (Fsp3) is 0.632. The van der Waals surface area contributed by atoms with Gasteiger partial charge in [-0.25, -0.2) is 4.39 Å². The van der Waals surface area contributed by atoms with Crippen LogP contribution in [0.2, 0.25) is 0 Å². The summed E-state index contributed by atoms with van der Waals surface area (Å²) in [7, 11) is 3.99. The summed E-state index contributed by atoms with van der Waals surface area (Å²) < 4.78 is 12.9. The van der Waals surface area contributed by atoms with Crippen molar-refractivity contribution >= 4 is 29.9 Å². The van der Waals surface area contributed by atoms with E-state index in [9.17, 15) is 4.39 Å². The maximum absolute atomic E-state index is 12.9. The molecule has 1 aliphatic heterocycles. The number of nitrogens with one attached hydrogen (secondary N) is 2. The zero-order valence-corrected chi connectivity index (χ0v) is 18.3. The summed E-state index contributed by atoms with van der Waals surface area (Å²) in [6.45, 7) is 7.58. The third kappa shape index (κ3) is 9.14. The minimum Gasteiger partial charge on any atom is -0.356 e. The third-order valence-corrected chi connectivity index (χ3v) is 4.60. The van der Waals surface area contributed by atoms with Gasteiger partial charge in [0.2, 0.25) is 0 Å². The number of benzene rings is 1. The van der Waals surface area contributed by atoms with E-state index in [-0.39, 0.29) is 29.8 Å². The molecule has 2 rings (SSSR count). The molecule has 0 atom stereocenters. The summed E-state index contributed by atoms with van der Waals surface area (Å²) >= 11 is 0. The lowest BCUT2D eigenvalue weighted by Gasteiger charge is -2.20. The van der Waals surface area contributed by atoms with Gasteiger partial charge < -0.3 is 20.4 Å². The zero-order chi connectivity index (χ0) is 17.9. The number of hydrogen-bond acceptors (Lipinski definition) is 3. The number of hydrogen-bond donors (Lipinski definition) is 2. The van der Waals surface area contributed by atoms with Crippen LogP contribution in [0.15, 0.2) is 29.3 Å². The van der Waals surface area contributed by atoms with Gasteiger partial charge in [-0.3, -0.25) is 4.99 Å². The van der Waals surface area contributed by atoms with E-state index in [1.54, 1.807) is 7.05 Å². The summed E-state index contributed by atoms with van der Waals surface area (Å²) in [6.07, 6.45) is 3.22.